The van der Waals surface area contributed by atoms with Gasteiger partial charge in [-0.1, -0.05) is 47.5 Å². The molecular weight excluding hydrogens is 295 g/mol. The minimum atomic E-state index is 0.650. The second kappa shape index (κ2) is 4.56. The van der Waals surface area contributed by atoms with Crippen LogP contribution < -0.4 is 0 Å². The Hall–Kier alpha value is -0.500. The summed E-state index contributed by atoms with van der Waals surface area (Å²) in [4.78, 5) is 0. The monoisotopic (exact) mass is 299 g/mol. The van der Waals surface area contributed by atoms with Gasteiger partial charge in [-0.2, -0.15) is 0 Å². The molecule has 0 saturated heterocycles. The van der Waals surface area contributed by atoms with Crippen LogP contribution in [0.1, 0.15) is 0 Å². The number of hydrogen-bond acceptors (Lipinski definition) is 0. The van der Waals surface area contributed by atoms with Crippen LogP contribution in [0.5, 0.6) is 0 Å². The summed E-state index contributed by atoms with van der Waals surface area (Å²) in [5.74, 6) is 0. The maximum Gasteiger partial charge on any atom is 0.0626 e. The first-order chi connectivity index (χ1) is 7.20. The maximum absolute atomic E-state index is 6.18. The van der Waals surface area contributed by atoms with Crippen LogP contribution >= 0.6 is 39.1 Å². The molecule has 0 N–H and O–H groups in total. The van der Waals surface area contributed by atoms with E-state index < -0.39 is 0 Å². The summed E-state index contributed by atoms with van der Waals surface area (Å²) in [7, 11) is 0. The zero-order valence-corrected chi connectivity index (χ0v) is 10.7. The Morgan fingerprint density at radius 1 is 1.07 bits per heavy atom. The molecule has 0 saturated carbocycles. The van der Waals surface area contributed by atoms with Gasteiger partial charge in [-0.3, -0.25) is 0 Å². The molecule has 0 bridgehead atoms. The Bertz CT molecular complexity index is 495. The fourth-order valence-electron chi connectivity index (χ4n) is 1.34. The molecule has 0 amide bonds. The summed E-state index contributed by atoms with van der Waals surface area (Å²) in [5.41, 5.74) is 1.84. The van der Waals surface area contributed by atoms with Crippen molar-refractivity contribution in [3.63, 3.8) is 0 Å². The lowest BCUT2D eigenvalue weighted by Gasteiger charge is -2.07. The zero-order chi connectivity index (χ0) is 10.8. The van der Waals surface area contributed by atoms with Gasteiger partial charge in [-0.25, -0.2) is 0 Å². The SMILES string of the molecule is Clc1c[c]ccc1-c1cccc(Br)c1Cl. The van der Waals surface area contributed by atoms with Gasteiger partial charge in [0.25, 0.3) is 0 Å². The molecule has 0 aliphatic carbocycles. The van der Waals surface area contributed by atoms with Gasteiger partial charge in [-0.15, -0.1) is 0 Å². The summed E-state index contributed by atoms with van der Waals surface area (Å²) in [6.45, 7) is 0. The molecule has 0 atom stereocenters. The van der Waals surface area contributed by atoms with Crippen LogP contribution in [0.3, 0.4) is 0 Å². The predicted octanol–water partition coefficient (Wildman–Crippen LogP) is 5.22. The van der Waals surface area contributed by atoms with Crippen LogP contribution in [0.4, 0.5) is 0 Å². The molecular formula is C12H6BrCl2. The van der Waals surface area contributed by atoms with E-state index in [0.717, 1.165) is 15.6 Å². The quantitative estimate of drug-likeness (QED) is 0.677. The van der Waals surface area contributed by atoms with E-state index in [-0.39, 0.29) is 0 Å². The molecule has 3 heteroatoms. The molecule has 1 radical (unpaired) electrons. The Balaban J connectivity index is 2.65. The highest BCUT2D eigenvalue weighted by Crippen LogP contribution is 2.36. The van der Waals surface area contributed by atoms with Crippen molar-refractivity contribution < 1.29 is 0 Å². The molecule has 0 aliphatic rings. The molecule has 2 aromatic carbocycles. The highest BCUT2D eigenvalue weighted by molar-refractivity contribution is 9.10. The molecule has 0 heterocycles. The molecule has 0 aromatic heterocycles. The smallest absolute Gasteiger partial charge is 0.0626 e. The largest absolute Gasteiger partial charge is 0.0836 e. The van der Waals surface area contributed by atoms with Crippen LogP contribution in [0.25, 0.3) is 11.1 Å². The van der Waals surface area contributed by atoms with Crippen molar-refractivity contribution in [2.45, 2.75) is 0 Å². The van der Waals surface area contributed by atoms with Crippen molar-refractivity contribution >= 4 is 39.1 Å². The van der Waals surface area contributed by atoms with Crippen molar-refractivity contribution in [2.75, 3.05) is 0 Å². The number of hydrogen-bond donors (Lipinski definition) is 0. The Morgan fingerprint density at radius 2 is 1.87 bits per heavy atom. The number of halogens is 3. The van der Waals surface area contributed by atoms with Gasteiger partial charge < -0.3 is 0 Å². The third-order valence-corrected chi connectivity index (χ3v) is 3.66. The Kier molecular flexibility index (Phi) is 3.35. The normalized spacial score (nSPS) is 10.3. The van der Waals surface area contributed by atoms with Crippen molar-refractivity contribution in [1.29, 1.82) is 0 Å². The topological polar surface area (TPSA) is 0 Å². The minimum absolute atomic E-state index is 0.650. The first kappa shape index (κ1) is 11.0. The van der Waals surface area contributed by atoms with E-state index in [1.807, 2.05) is 30.3 Å². The van der Waals surface area contributed by atoms with Crippen LogP contribution in [0.15, 0.2) is 40.9 Å². The van der Waals surface area contributed by atoms with Gasteiger partial charge in [0, 0.05) is 20.6 Å². The van der Waals surface area contributed by atoms with Crippen molar-refractivity contribution in [3.05, 3.63) is 57.0 Å². The summed E-state index contributed by atoms with van der Waals surface area (Å²) < 4.78 is 0.866. The Labute approximate surface area is 107 Å². The fraction of sp³-hybridized carbons (Fsp3) is 0. The third-order valence-electron chi connectivity index (χ3n) is 2.06. The standard InChI is InChI=1S/C12H6BrCl2/c13-10-6-3-5-9(12(10)15)8-4-1-2-7-11(8)14/h1,3-7H. The maximum atomic E-state index is 6.18. The number of rotatable bonds is 1. The van der Waals surface area contributed by atoms with E-state index in [4.69, 9.17) is 23.2 Å². The highest BCUT2D eigenvalue weighted by Gasteiger charge is 2.08. The summed E-state index contributed by atoms with van der Waals surface area (Å²) in [6.07, 6.45) is 0. The van der Waals surface area contributed by atoms with E-state index in [2.05, 4.69) is 22.0 Å². The summed E-state index contributed by atoms with van der Waals surface area (Å²) in [5, 5.41) is 1.32. The first-order valence-corrected chi connectivity index (χ1v) is 5.85. The van der Waals surface area contributed by atoms with Gasteiger partial charge >= 0.3 is 0 Å². The second-order valence-corrected chi connectivity index (χ2v) is 4.65. The zero-order valence-electron chi connectivity index (χ0n) is 7.60. The summed E-state index contributed by atoms with van der Waals surface area (Å²) >= 11 is 15.6. The Morgan fingerprint density at radius 3 is 2.60 bits per heavy atom. The van der Waals surface area contributed by atoms with Crippen molar-refractivity contribution in [1.82, 2.24) is 0 Å². The summed E-state index contributed by atoms with van der Waals surface area (Å²) in [6, 6.07) is 14.1. The lowest BCUT2D eigenvalue weighted by molar-refractivity contribution is 1.58. The molecule has 0 unspecified atom stereocenters. The van der Waals surface area contributed by atoms with Gasteiger partial charge in [-0.05, 0) is 34.1 Å². The van der Waals surface area contributed by atoms with E-state index in [1.54, 1.807) is 6.07 Å². The van der Waals surface area contributed by atoms with Crippen molar-refractivity contribution in [3.8, 4) is 11.1 Å². The second-order valence-electron chi connectivity index (χ2n) is 3.01. The lowest BCUT2D eigenvalue weighted by atomic mass is 10.1. The molecule has 15 heavy (non-hydrogen) atoms. The van der Waals surface area contributed by atoms with Gasteiger partial charge in [0.15, 0.2) is 0 Å². The molecule has 2 rings (SSSR count). The van der Waals surface area contributed by atoms with Crippen LogP contribution in [0, 0.1) is 6.07 Å². The van der Waals surface area contributed by atoms with Gasteiger partial charge in [0.1, 0.15) is 0 Å². The van der Waals surface area contributed by atoms with E-state index in [0.29, 0.717) is 10.0 Å². The fourth-order valence-corrected chi connectivity index (χ4v) is 2.16. The molecule has 0 nitrogen and oxygen atoms in total. The molecule has 2 aromatic rings. The van der Waals surface area contributed by atoms with Crippen LogP contribution in [0.2, 0.25) is 10.0 Å². The van der Waals surface area contributed by atoms with Crippen LogP contribution in [-0.4, -0.2) is 0 Å². The predicted molar refractivity (Wildman–Crippen MR) is 68.4 cm³/mol. The molecule has 0 fully saturated rings. The lowest BCUT2D eigenvalue weighted by Crippen LogP contribution is -1.81. The van der Waals surface area contributed by atoms with E-state index >= 15 is 0 Å². The van der Waals surface area contributed by atoms with E-state index in [1.165, 1.54) is 0 Å². The average Bonchev–Trinajstić information content (AvgIpc) is 2.23. The van der Waals surface area contributed by atoms with Crippen molar-refractivity contribution in [2.24, 2.45) is 0 Å². The van der Waals surface area contributed by atoms with Gasteiger partial charge in [0.05, 0.1) is 5.02 Å². The van der Waals surface area contributed by atoms with Gasteiger partial charge in [0.2, 0.25) is 0 Å². The number of benzene rings is 2. The third kappa shape index (κ3) is 2.20. The van der Waals surface area contributed by atoms with E-state index in [9.17, 15) is 0 Å². The minimum Gasteiger partial charge on any atom is -0.0836 e. The molecule has 75 valence electrons. The molecule has 0 spiro atoms. The molecule has 0 aliphatic heterocycles. The van der Waals surface area contributed by atoms with Crippen LogP contribution in [-0.2, 0) is 0 Å². The first-order valence-electron chi connectivity index (χ1n) is 4.30. The average molecular weight is 301 g/mol. The highest BCUT2D eigenvalue weighted by atomic mass is 79.9.